The van der Waals surface area contributed by atoms with E-state index in [0.29, 0.717) is 0 Å². The highest BCUT2D eigenvalue weighted by Crippen LogP contribution is 2.24. The predicted octanol–water partition coefficient (Wildman–Crippen LogP) is 3.41. The van der Waals surface area contributed by atoms with Gasteiger partial charge in [-0.25, -0.2) is 0 Å². The molecule has 0 atom stereocenters. The lowest BCUT2D eigenvalue weighted by molar-refractivity contribution is 0.242. The van der Waals surface area contributed by atoms with E-state index in [4.69, 9.17) is 0 Å². The molecule has 0 bridgehead atoms. The molecule has 0 radical (unpaired) electrons. The van der Waals surface area contributed by atoms with Gasteiger partial charge in [-0.2, -0.15) is 0 Å². The van der Waals surface area contributed by atoms with Crippen LogP contribution in [0.2, 0.25) is 19.1 Å². The van der Waals surface area contributed by atoms with E-state index < -0.39 is 8.24 Å². The van der Waals surface area contributed by atoms with Crippen molar-refractivity contribution in [3.05, 3.63) is 0 Å². The topological polar surface area (TPSA) is 6.48 Å². The van der Waals surface area contributed by atoms with E-state index in [2.05, 4.69) is 36.4 Å². The first-order valence-electron chi connectivity index (χ1n) is 7.57. The maximum atomic E-state index is 2.84. The molecule has 0 aromatic heterocycles. The van der Waals surface area contributed by atoms with Gasteiger partial charge in [0.25, 0.3) is 0 Å². The first-order valence-corrected chi connectivity index (χ1v) is 10.7. The number of hydrogen-bond acceptors (Lipinski definition) is 2. The van der Waals surface area contributed by atoms with Gasteiger partial charge >= 0.3 is 0 Å². The molecule has 1 heterocycles. The molecule has 0 unspecified atom stereocenters. The highest BCUT2D eigenvalue weighted by atomic mass is 28.3. The minimum atomic E-state index is -1.03. The highest BCUT2D eigenvalue weighted by Gasteiger charge is 2.31. The molecular formula is C14H32N2Si. The first-order chi connectivity index (χ1) is 8.10. The quantitative estimate of drug-likeness (QED) is 0.644. The van der Waals surface area contributed by atoms with Crippen molar-refractivity contribution in [1.29, 1.82) is 0 Å². The van der Waals surface area contributed by atoms with E-state index in [1.165, 1.54) is 64.5 Å². The fourth-order valence-corrected chi connectivity index (χ4v) is 5.87. The second kappa shape index (κ2) is 7.55. The van der Waals surface area contributed by atoms with Crippen molar-refractivity contribution in [2.75, 3.05) is 32.7 Å². The molecule has 0 spiro atoms. The zero-order chi connectivity index (χ0) is 12.7. The number of rotatable bonds is 7. The summed E-state index contributed by atoms with van der Waals surface area (Å²) in [6.07, 6.45) is 5.49. The normalized spacial score (nSPS) is 21.0. The summed E-state index contributed by atoms with van der Waals surface area (Å²) >= 11 is 0. The summed E-state index contributed by atoms with van der Waals surface area (Å²) in [5.41, 5.74) is 0. The molecule has 1 saturated heterocycles. The van der Waals surface area contributed by atoms with Gasteiger partial charge in [-0.3, -0.25) is 0 Å². The average Bonchev–Trinajstić information content (AvgIpc) is 2.27. The van der Waals surface area contributed by atoms with Crippen molar-refractivity contribution in [3.8, 4) is 0 Å². The van der Waals surface area contributed by atoms with Gasteiger partial charge in [-0.05, 0) is 44.9 Å². The van der Waals surface area contributed by atoms with Crippen molar-refractivity contribution >= 4 is 8.24 Å². The van der Waals surface area contributed by atoms with Crippen LogP contribution in [-0.4, -0.2) is 50.4 Å². The maximum absolute atomic E-state index is 2.84. The van der Waals surface area contributed by atoms with E-state index in [1.807, 2.05) is 0 Å². The van der Waals surface area contributed by atoms with Crippen LogP contribution in [0.5, 0.6) is 0 Å². The van der Waals surface area contributed by atoms with Crippen LogP contribution in [-0.2, 0) is 0 Å². The van der Waals surface area contributed by atoms with Crippen molar-refractivity contribution < 1.29 is 0 Å². The van der Waals surface area contributed by atoms with Crippen LogP contribution in [0.15, 0.2) is 0 Å². The Hall–Kier alpha value is 0.137. The van der Waals surface area contributed by atoms with E-state index in [0.717, 1.165) is 0 Å². The Balaban J connectivity index is 2.36. The molecule has 17 heavy (non-hydrogen) atoms. The SMILES string of the molecule is CCCN(CCC)CCN1CCCC[Si]1(C)C. The van der Waals surface area contributed by atoms with Crippen LogP contribution in [0.3, 0.4) is 0 Å². The molecule has 2 nitrogen and oxygen atoms in total. The van der Waals surface area contributed by atoms with Crippen molar-refractivity contribution in [3.63, 3.8) is 0 Å². The monoisotopic (exact) mass is 256 g/mol. The number of nitrogens with zero attached hydrogens (tertiary/aromatic N) is 2. The van der Waals surface area contributed by atoms with Crippen LogP contribution < -0.4 is 0 Å². The number of hydrogen-bond donors (Lipinski definition) is 0. The molecule has 3 heteroatoms. The Labute approximate surface area is 109 Å². The van der Waals surface area contributed by atoms with Gasteiger partial charge in [0.05, 0.1) is 0 Å². The molecular weight excluding hydrogens is 224 g/mol. The third-order valence-electron chi connectivity index (χ3n) is 4.09. The summed E-state index contributed by atoms with van der Waals surface area (Å²) in [4.78, 5) is 2.65. The van der Waals surface area contributed by atoms with Crippen molar-refractivity contribution in [1.82, 2.24) is 9.47 Å². The van der Waals surface area contributed by atoms with Gasteiger partial charge in [-0.1, -0.05) is 33.4 Å². The van der Waals surface area contributed by atoms with Crippen LogP contribution >= 0.6 is 0 Å². The standard InChI is InChI=1S/C14H32N2Si/c1-5-9-15(10-6-2)12-13-16-11-7-8-14-17(16,3)4/h5-14H2,1-4H3. The van der Waals surface area contributed by atoms with Gasteiger partial charge in [-0.15, -0.1) is 0 Å². The van der Waals surface area contributed by atoms with Crippen LogP contribution in [0, 0.1) is 0 Å². The minimum Gasteiger partial charge on any atom is -0.322 e. The average molecular weight is 257 g/mol. The third-order valence-corrected chi connectivity index (χ3v) is 7.82. The van der Waals surface area contributed by atoms with E-state index in [-0.39, 0.29) is 0 Å². The lowest BCUT2D eigenvalue weighted by Crippen LogP contribution is -2.53. The Morgan fingerprint density at radius 2 is 1.65 bits per heavy atom. The molecule has 1 aliphatic rings. The molecule has 0 aromatic rings. The lowest BCUT2D eigenvalue weighted by Gasteiger charge is -2.41. The maximum Gasteiger partial charge on any atom is 0.122 e. The second-order valence-electron chi connectivity index (χ2n) is 6.10. The molecule has 0 aromatic carbocycles. The van der Waals surface area contributed by atoms with Crippen molar-refractivity contribution in [2.24, 2.45) is 0 Å². The molecule has 102 valence electrons. The van der Waals surface area contributed by atoms with Gasteiger partial charge in [0, 0.05) is 13.1 Å². The van der Waals surface area contributed by atoms with E-state index >= 15 is 0 Å². The highest BCUT2D eigenvalue weighted by molar-refractivity contribution is 6.74. The summed E-state index contributed by atoms with van der Waals surface area (Å²) in [5.74, 6) is 0. The molecule has 0 aliphatic carbocycles. The summed E-state index contributed by atoms with van der Waals surface area (Å²) in [7, 11) is -1.03. The Kier molecular flexibility index (Phi) is 6.74. The van der Waals surface area contributed by atoms with Gasteiger partial charge in [0.1, 0.15) is 8.24 Å². The summed E-state index contributed by atoms with van der Waals surface area (Å²) in [6, 6.07) is 1.51. The molecule has 0 N–H and O–H groups in total. The third kappa shape index (κ3) is 5.10. The minimum absolute atomic E-state index is 1.03. The van der Waals surface area contributed by atoms with Gasteiger partial charge < -0.3 is 9.47 Å². The van der Waals surface area contributed by atoms with Gasteiger partial charge in [0.2, 0.25) is 0 Å². The summed E-state index contributed by atoms with van der Waals surface area (Å²) in [6.45, 7) is 16.2. The molecule has 0 saturated carbocycles. The molecule has 1 fully saturated rings. The summed E-state index contributed by atoms with van der Waals surface area (Å²) in [5, 5.41) is 0. The van der Waals surface area contributed by atoms with Crippen LogP contribution in [0.25, 0.3) is 0 Å². The zero-order valence-electron chi connectivity index (χ0n) is 12.5. The Morgan fingerprint density at radius 1 is 1.00 bits per heavy atom. The molecule has 1 aliphatic heterocycles. The summed E-state index contributed by atoms with van der Waals surface area (Å²) < 4.78 is 2.84. The van der Waals surface area contributed by atoms with Gasteiger partial charge in [0.15, 0.2) is 0 Å². The lowest BCUT2D eigenvalue weighted by atomic mass is 10.3. The van der Waals surface area contributed by atoms with Crippen molar-refractivity contribution in [2.45, 2.75) is 58.7 Å². The fraction of sp³-hybridized carbons (Fsp3) is 1.00. The fourth-order valence-electron chi connectivity index (χ4n) is 2.97. The first kappa shape index (κ1) is 15.2. The largest absolute Gasteiger partial charge is 0.322 e. The molecule has 1 rings (SSSR count). The zero-order valence-corrected chi connectivity index (χ0v) is 13.5. The molecule has 0 amide bonds. The van der Waals surface area contributed by atoms with Crippen LogP contribution in [0.4, 0.5) is 0 Å². The smallest absolute Gasteiger partial charge is 0.122 e. The Bertz CT molecular complexity index is 200. The second-order valence-corrected chi connectivity index (χ2v) is 10.9. The Morgan fingerprint density at radius 3 is 2.18 bits per heavy atom. The van der Waals surface area contributed by atoms with Crippen LogP contribution in [0.1, 0.15) is 39.5 Å². The van der Waals surface area contributed by atoms with E-state index in [1.54, 1.807) is 0 Å². The predicted molar refractivity (Wildman–Crippen MR) is 80.1 cm³/mol. The van der Waals surface area contributed by atoms with E-state index in [9.17, 15) is 0 Å².